The monoisotopic (exact) mass is 876 g/mol. The van der Waals surface area contributed by atoms with Gasteiger partial charge in [-0.05, 0) is 38.5 Å². The van der Waals surface area contributed by atoms with Crippen molar-refractivity contribution < 1.29 is 56.6 Å². The lowest BCUT2D eigenvalue weighted by Gasteiger charge is -2.20. The highest BCUT2D eigenvalue weighted by Crippen LogP contribution is 2.43. The molecule has 0 aromatic carbocycles. The molecule has 0 aliphatic carbocycles. The van der Waals surface area contributed by atoms with Crippen LogP contribution in [-0.2, 0) is 51.7 Å². The number of nitrogens with one attached hydrogen (secondary N) is 1. The van der Waals surface area contributed by atoms with E-state index in [4.69, 9.17) is 28.0 Å². The van der Waals surface area contributed by atoms with Gasteiger partial charge in [0.05, 0.1) is 26.2 Å². The van der Waals surface area contributed by atoms with E-state index in [1.807, 2.05) is 0 Å². The summed E-state index contributed by atoms with van der Waals surface area (Å²) in [5.41, 5.74) is 0. The number of allylic oxidation sites excluding steroid dienone is 2. The van der Waals surface area contributed by atoms with Gasteiger partial charge in [0.2, 0.25) is 5.91 Å². The van der Waals surface area contributed by atoms with Gasteiger partial charge in [-0.1, -0.05) is 154 Å². The fourth-order valence-corrected chi connectivity index (χ4v) is 7.18. The van der Waals surface area contributed by atoms with Gasteiger partial charge in [-0.15, -0.1) is 0 Å². The van der Waals surface area contributed by atoms with E-state index >= 15 is 0 Å². The number of hydrogen-bond acceptors (Lipinski definition) is 11. The van der Waals surface area contributed by atoms with Gasteiger partial charge in [0.15, 0.2) is 6.10 Å². The molecular formula is C46H86NO12P. The molecule has 0 aliphatic rings. The Morgan fingerprint density at radius 1 is 0.533 bits per heavy atom. The third-order valence-corrected chi connectivity index (χ3v) is 11.0. The SMILES string of the molecule is CCCCCCCC/C=C\CCCCCCCC(=O)OCC(COP(=O)(O)OCCNC(=O)CCC(=O)OCCOC)OC(=O)CCCCCCCCCCCCCCC. The van der Waals surface area contributed by atoms with Gasteiger partial charge in [0.25, 0.3) is 0 Å². The molecule has 0 saturated carbocycles. The van der Waals surface area contributed by atoms with Crippen LogP contribution in [0.15, 0.2) is 12.2 Å². The van der Waals surface area contributed by atoms with Gasteiger partial charge in [0.1, 0.15) is 13.2 Å². The van der Waals surface area contributed by atoms with Crippen molar-refractivity contribution in [3.63, 3.8) is 0 Å². The van der Waals surface area contributed by atoms with E-state index in [0.717, 1.165) is 57.8 Å². The van der Waals surface area contributed by atoms with E-state index in [9.17, 15) is 28.6 Å². The van der Waals surface area contributed by atoms with Crippen LogP contribution in [0.1, 0.15) is 206 Å². The van der Waals surface area contributed by atoms with E-state index in [2.05, 4.69) is 31.3 Å². The summed E-state index contributed by atoms with van der Waals surface area (Å²) in [6.07, 6.45) is 34.0. The number of phosphoric acid groups is 1. The standard InChI is InChI=1S/C46H86NO12P/c1-4-6-8-10-12-14-16-18-19-21-22-24-26-28-30-32-44(49)56-40-42(59-46(51)33-31-29-27-25-23-20-17-15-13-11-9-7-5-2)41-58-60(52,53)57-37-36-47-43(48)34-35-45(50)55-39-38-54-3/h18-19,42H,4-17,20-41H2,1-3H3,(H,47,48)(H,52,53)/b19-18-. The molecule has 0 rings (SSSR count). The van der Waals surface area contributed by atoms with E-state index in [1.165, 1.54) is 103 Å². The molecule has 0 saturated heterocycles. The Bertz CT molecular complexity index is 1120. The number of carbonyl (C=O) groups is 4. The number of phosphoric ester groups is 1. The first-order valence-electron chi connectivity index (χ1n) is 23.7. The van der Waals surface area contributed by atoms with Crippen molar-refractivity contribution in [3.05, 3.63) is 12.2 Å². The number of hydrogen-bond donors (Lipinski definition) is 2. The van der Waals surface area contributed by atoms with Crippen molar-refractivity contribution in [1.29, 1.82) is 0 Å². The molecule has 0 fully saturated rings. The number of amides is 1. The van der Waals surface area contributed by atoms with Crippen LogP contribution in [0.2, 0.25) is 0 Å². The van der Waals surface area contributed by atoms with Crippen molar-refractivity contribution in [2.75, 3.05) is 46.7 Å². The summed E-state index contributed by atoms with van der Waals surface area (Å²) in [7, 11) is -3.14. The summed E-state index contributed by atoms with van der Waals surface area (Å²) in [4.78, 5) is 59.1. The minimum atomic E-state index is -4.61. The molecule has 60 heavy (non-hydrogen) atoms. The van der Waals surface area contributed by atoms with Crippen LogP contribution in [0.4, 0.5) is 0 Å². The molecule has 1 amide bonds. The molecule has 0 radical (unpaired) electrons. The Morgan fingerprint density at radius 2 is 1.00 bits per heavy atom. The number of rotatable bonds is 45. The Hall–Kier alpha value is -2.31. The number of esters is 3. The summed E-state index contributed by atoms with van der Waals surface area (Å²) in [6, 6.07) is 0. The van der Waals surface area contributed by atoms with Gasteiger partial charge < -0.3 is 29.2 Å². The third kappa shape index (κ3) is 42.4. The zero-order valence-electron chi connectivity index (χ0n) is 38.1. The molecule has 0 spiro atoms. The number of methoxy groups -OCH3 is 1. The predicted molar refractivity (Wildman–Crippen MR) is 237 cm³/mol. The molecular weight excluding hydrogens is 789 g/mol. The van der Waals surface area contributed by atoms with Gasteiger partial charge >= 0.3 is 25.7 Å². The van der Waals surface area contributed by atoms with Crippen molar-refractivity contribution in [2.24, 2.45) is 0 Å². The van der Waals surface area contributed by atoms with Gasteiger partial charge in [-0.25, -0.2) is 4.57 Å². The van der Waals surface area contributed by atoms with Gasteiger partial charge in [-0.2, -0.15) is 0 Å². The summed E-state index contributed by atoms with van der Waals surface area (Å²) < 4.78 is 43.3. The summed E-state index contributed by atoms with van der Waals surface area (Å²) in [5.74, 6) is -1.94. The largest absolute Gasteiger partial charge is 0.472 e. The van der Waals surface area contributed by atoms with Crippen molar-refractivity contribution in [3.8, 4) is 0 Å². The zero-order chi connectivity index (χ0) is 44.2. The van der Waals surface area contributed by atoms with E-state index in [-0.39, 0.29) is 58.7 Å². The molecule has 2 unspecified atom stereocenters. The van der Waals surface area contributed by atoms with Crippen molar-refractivity contribution in [1.82, 2.24) is 5.32 Å². The van der Waals surface area contributed by atoms with Gasteiger partial charge in [0, 0.05) is 32.9 Å². The Kier molecular flexibility index (Phi) is 41.7. The molecule has 0 aromatic rings. The van der Waals surface area contributed by atoms with Gasteiger partial charge in [-0.3, -0.25) is 28.2 Å². The van der Waals surface area contributed by atoms with Crippen LogP contribution in [-0.4, -0.2) is 81.5 Å². The lowest BCUT2D eigenvalue weighted by molar-refractivity contribution is -0.161. The van der Waals surface area contributed by atoms with Crippen LogP contribution in [0, 0.1) is 0 Å². The maximum absolute atomic E-state index is 12.7. The number of carbonyl (C=O) groups excluding carboxylic acids is 4. The third-order valence-electron chi connectivity index (χ3n) is 10.1. The first-order valence-corrected chi connectivity index (χ1v) is 25.2. The van der Waals surface area contributed by atoms with E-state index in [1.54, 1.807) is 0 Å². The van der Waals surface area contributed by atoms with Crippen molar-refractivity contribution >= 4 is 31.6 Å². The molecule has 13 nitrogen and oxygen atoms in total. The second-order valence-electron chi connectivity index (χ2n) is 15.8. The first-order chi connectivity index (χ1) is 29.1. The van der Waals surface area contributed by atoms with Crippen LogP contribution < -0.4 is 5.32 Å². The highest BCUT2D eigenvalue weighted by molar-refractivity contribution is 7.47. The quantitative estimate of drug-likeness (QED) is 0.0195. The molecule has 352 valence electrons. The normalized spacial score (nSPS) is 12.9. The van der Waals surface area contributed by atoms with Crippen LogP contribution in [0.25, 0.3) is 0 Å². The summed E-state index contributed by atoms with van der Waals surface area (Å²) >= 11 is 0. The molecule has 0 aromatic heterocycles. The minimum absolute atomic E-state index is 0.0938. The smallest absolute Gasteiger partial charge is 0.463 e. The highest BCUT2D eigenvalue weighted by Gasteiger charge is 2.26. The molecule has 2 atom stereocenters. The fraction of sp³-hybridized carbons (Fsp3) is 0.870. The molecule has 14 heteroatoms. The van der Waals surface area contributed by atoms with Crippen molar-refractivity contribution in [2.45, 2.75) is 213 Å². The lowest BCUT2D eigenvalue weighted by Crippen LogP contribution is -2.30. The number of ether oxygens (including phenoxy) is 4. The van der Waals surface area contributed by atoms with E-state index in [0.29, 0.717) is 12.8 Å². The maximum atomic E-state index is 12.7. The molecule has 0 bridgehead atoms. The average molecular weight is 876 g/mol. The highest BCUT2D eigenvalue weighted by atomic mass is 31.2. The average Bonchev–Trinajstić information content (AvgIpc) is 3.23. The summed E-state index contributed by atoms with van der Waals surface area (Å²) in [5, 5.41) is 2.49. The van der Waals surface area contributed by atoms with E-state index < -0.39 is 44.3 Å². The molecule has 0 aliphatic heterocycles. The topological polar surface area (TPSA) is 173 Å². The molecule has 0 heterocycles. The maximum Gasteiger partial charge on any atom is 0.472 e. The Morgan fingerprint density at radius 3 is 1.52 bits per heavy atom. The summed E-state index contributed by atoms with van der Waals surface area (Å²) in [6.45, 7) is 3.50. The zero-order valence-corrected chi connectivity index (χ0v) is 39.0. The van der Waals surface area contributed by atoms with Crippen LogP contribution >= 0.6 is 7.82 Å². The Labute approximate surface area is 364 Å². The lowest BCUT2D eigenvalue weighted by atomic mass is 10.0. The first kappa shape index (κ1) is 57.7. The Balaban J connectivity index is 4.58. The fourth-order valence-electron chi connectivity index (χ4n) is 6.43. The second kappa shape index (κ2) is 43.3. The second-order valence-corrected chi connectivity index (χ2v) is 17.2. The van der Waals surface area contributed by atoms with Crippen LogP contribution in [0.5, 0.6) is 0 Å². The van der Waals surface area contributed by atoms with Crippen LogP contribution in [0.3, 0.4) is 0 Å². The number of unbranched alkanes of at least 4 members (excludes halogenated alkanes) is 23. The minimum Gasteiger partial charge on any atom is -0.463 e. The molecule has 2 N–H and O–H groups in total. The predicted octanol–water partition coefficient (Wildman–Crippen LogP) is 11.2.